The van der Waals surface area contributed by atoms with Crippen LogP contribution in [0.2, 0.25) is 0 Å². The van der Waals surface area contributed by atoms with Gasteiger partial charge in [0.25, 0.3) is 0 Å². The Morgan fingerprint density at radius 1 is 1.25 bits per heavy atom. The molecule has 2 rings (SSSR count). The van der Waals surface area contributed by atoms with Gasteiger partial charge in [0.2, 0.25) is 0 Å². The van der Waals surface area contributed by atoms with E-state index in [0.717, 1.165) is 25.7 Å². The molecule has 2 aliphatic rings. The van der Waals surface area contributed by atoms with Gasteiger partial charge in [0.15, 0.2) is 6.29 Å². The summed E-state index contributed by atoms with van der Waals surface area (Å²) in [4.78, 5) is 10.5. The van der Waals surface area contributed by atoms with Crippen molar-refractivity contribution >= 4 is 5.97 Å². The minimum absolute atomic E-state index is 0.00797. The molecule has 2 fully saturated rings. The number of allylic oxidation sites excluding steroid dienone is 2. The zero-order chi connectivity index (χ0) is 17.4. The van der Waals surface area contributed by atoms with Crippen LogP contribution in [0.5, 0.6) is 0 Å². The number of aliphatic hydroxyl groups excluding tert-OH is 2. The molecule has 0 aromatic carbocycles. The molecule has 1 saturated carbocycles. The van der Waals surface area contributed by atoms with Crippen LogP contribution in [-0.4, -0.2) is 53.0 Å². The Morgan fingerprint density at radius 2 is 2.08 bits per heavy atom. The number of carbonyl (C=O) groups is 1. The highest BCUT2D eigenvalue weighted by atomic mass is 16.7. The van der Waals surface area contributed by atoms with Crippen LogP contribution in [0.1, 0.15) is 51.4 Å². The fraction of sp³-hybridized carbons (Fsp3) is 0.833. The Kier molecular flexibility index (Phi) is 8.18. The molecule has 1 heterocycles. The summed E-state index contributed by atoms with van der Waals surface area (Å²) in [6, 6.07) is 0. The predicted octanol–water partition coefficient (Wildman–Crippen LogP) is 2.09. The van der Waals surface area contributed by atoms with E-state index in [1.807, 2.05) is 12.2 Å². The highest BCUT2D eigenvalue weighted by molar-refractivity contribution is 5.66. The van der Waals surface area contributed by atoms with Crippen LogP contribution in [-0.2, 0) is 14.3 Å². The summed E-state index contributed by atoms with van der Waals surface area (Å²) >= 11 is 0. The number of aliphatic carboxylic acids is 1. The van der Waals surface area contributed by atoms with Gasteiger partial charge in [-0.3, -0.25) is 4.79 Å². The molecule has 1 aliphatic heterocycles. The monoisotopic (exact) mass is 342 g/mol. The summed E-state index contributed by atoms with van der Waals surface area (Å²) < 4.78 is 11.6. The zero-order valence-electron chi connectivity index (χ0n) is 14.2. The van der Waals surface area contributed by atoms with Crippen LogP contribution in [0.25, 0.3) is 0 Å². The predicted molar refractivity (Wildman–Crippen MR) is 88.4 cm³/mol. The molecule has 0 bridgehead atoms. The van der Waals surface area contributed by atoms with Gasteiger partial charge in [-0.2, -0.15) is 0 Å². The maximum atomic E-state index is 10.5. The van der Waals surface area contributed by atoms with Crippen LogP contribution >= 0.6 is 0 Å². The summed E-state index contributed by atoms with van der Waals surface area (Å²) in [6.07, 6.45) is 8.81. The maximum absolute atomic E-state index is 10.5. The van der Waals surface area contributed by atoms with Crippen molar-refractivity contribution in [3.63, 3.8) is 0 Å². The molecule has 0 aromatic rings. The first kappa shape index (κ1) is 19.4. The molecule has 1 saturated heterocycles. The first-order valence-electron chi connectivity index (χ1n) is 9.04. The van der Waals surface area contributed by atoms with Gasteiger partial charge in [-0.1, -0.05) is 12.2 Å². The Balaban J connectivity index is 1.78. The van der Waals surface area contributed by atoms with Crippen molar-refractivity contribution in [2.24, 2.45) is 11.8 Å². The molecule has 0 aromatic heterocycles. The number of hydrogen-bond donors (Lipinski definition) is 3. The number of rotatable bonds is 9. The SMILES string of the molecule is O=C(O)CCC/C=C\C[C@H]1[C@H](CO)[C@@H](OC2CCCCO2)C[C@H]1O. The van der Waals surface area contributed by atoms with Crippen LogP contribution in [0.4, 0.5) is 0 Å². The standard InChI is InChI=1S/C18H30O6/c19-12-14-13(7-3-1-2-4-8-17(21)22)15(20)11-16(14)24-18-9-5-6-10-23-18/h1,3,13-16,18-20H,2,4-12H2,(H,21,22)/b3-1-/t13-,14-,15+,16-,18?/m0/s1. The average Bonchev–Trinajstić information content (AvgIpc) is 2.86. The Bertz CT molecular complexity index is 404. The molecule has 6 heteroatoms. The topological polar surface area (TPSA) is 96.2 Å². The molecular formula is C18H30O6. The van der Waals surface area contributed by atoms with E-state index >= 15 is 0 Å². The lowest BCUT2D eigenvalue weighted by atomic mass is 9.91. The van der Waals surface area contributed by atoms with Crippen molar-refractivity contribution in [3.8, 4) is 0 Å². The maximum Gasteiger partial charge on any atom is 0.303 e. The third-order valence-corrected chi connectivity index (χ3v) is 5.01. The molecule has 6 nitrogen and oxygen atoms in total. The largest absolute Gasteiger partial charge is 0.481 e. The number of carboxylic acid groups (broad SMARTS) is 1. The smallest absolute Gasteiger partial charge is 0.303 e. The third-order valence-electron chi connectivity index (χ3n) is 5.01. The number of aliphatic hydroxyl groups is 2. The summed E-state index contributed by atoms with van der Waals surface area (Å²) in [6.45, 7) is 0.707. The second kappa shape index (κ2) is 10.1. The lowest BCUT2D eigenvalue weighted by Crippen LogP contribution is -2.32. The van der Waals surface area contributed by atoms with Crippen LogP contribution < -0.4 is 0 Å². The van der Waals surface area contributed by atoms with E-state index in [2.05, 4.69) is 0 Å². The molecule has 24 heavy (non-hydrogen) atoms. The van der Waals surface area contributed by atoms with E-state index in [0.29, 0.717) is 25.9 Å². The van der Waals surface area contributed by atoms with Crippen molar-refractivity contribution in [1.82, 2.24) is 0 Å². The molecule has 5 atom stereocenters. The van der Waals surface area contributed by atoms with E-state index < -0.39 is 12.1 Å². The first-order valence-corrected chi connectivity index (χ1v) is 9.04. The fourth-order valence-electron chi connectivity index (χ4n) is 3.65. The van der Waals surface area contributed by atoms with Gasteiger partial charge in [0.1, 0.15) is 0 Å². The first-order chi connectivity index (χ1) is 11.6. The van der Waals surface area contributed by atoms with E-state index in [1.165, 1.54) is 0 Å². The Hall–Kier alpha value is -0.950. The fourth-order valence-corrected chi connectivity index (χ4v) is 3.65. The molecule has 1 unspecified atom stereocenters. The van der Waals surface area contributed by atoms with E-state index in [1.54, 1.807) is 0 Å². The van der Waals surface area contributed by atoms with E-state index in [4.69, 9.17) is 14.6 Å². The lowest BCUT2D eigenvalue weighted by Gasteiger charge is -2.29. The summed E-state index contributed by atoms with van der Waals surface area (Å²) in [7, 11) is 0. The normalized spacial score (nSPS) is 34.0. The lowest BCUT2D eigenvalue weighted by molar-refractivity contribution is -0.198. The van der Waals surface area contributed by atoms with Gasteiger partial charge < -0.3 is 24.8 Å². The highest BCUT2D eigenvalue weighted by Gasteiger charge is 2.43. The number of unbranched alkanes of at least 4 members (excludes halogenated alkanes) is 1. The number of carboxylic acids is 1. The molecule has 138 valence electrons. The van der Waals surface area contributed by atoms with Crippen LogP contribution in [0.3, 0.4) is 0 Å². The summed E-state index contributed by atoms with van der Waals surface area (Å²) in [5.41, 5.74) is 0. The third kappa shape index (κ3) is 5.84. The van der Waals surface area contributed by atoms with Gasteiger partial charge in [-0.05, 0) is 44.4 Å². The minimum atomic E-state index is -0.778. The summed E-state index contributed by atoms with van der Waals surface area (Å²) in [5, 5.41) is 28.7. The van der Waals surface area contributed by atoms with Gasteiger partial charge in [-0.25, -0.2) is 0 Å². The molecular weight excluding hydrogens is 312 g/mol. The Labute approximate surface area is 143 Å². The zero-order valence-corrected chi connectivity index (χ0v) is 14.2. The second-order valence-corrected chi connectivity index (χ2v) is 6.78. The quantitative estimate of drug-likeness (QED) is 0.439. The minimum Gasteiger partial charge on any atom is -0.481 e. The summed E-state index contributed by atoms with van der Waals surface area (Å²) in [5.74, 6) is -0.895. The van der Waals surface area contributed by atoms with Crippen molar-refractivity contribution < 1.29 is 29.6 Å². The van der Waals surface area contributed by atoms with Crippen molar-refractivity contribution in [2.75, 3.05) is 13.2 Å². The van der Waals surface area contributed by atoms with Gasteiger partial charge in [0.05, 0.1) is 12.2 Å². The Morgan fingerprint density at radius 3 is 2.75 bits per heavy atom. The van der Waals surface area contributed by atoms with Crippen molar-refractivity contribution in [2.45, 2.75) is 69.9 Å². The molecule has 1 aliphatic carbocycles. The number of hydrogen-bond acceptors (Lipinski definition) is 5. The van der Waals surface area contributed by atoms with E-state index in [9.17, 15) is 15.0 Å². The highest BCUT2D eigenvalue weighted by Crippen LogP contribution is 2.38. The average molecular weight is 342 g/mol. The second-order valence-electron chi connectivity index (χ2n) is 6.78. The molecule has 0 spiro atoms. The van der Waals surface area contributed by atoms with Gasteiger partial charge in [0, 0.05) is 32.0 Å². The number of ether oxygens (including phenoxy) is 2. The van der Waals surface area contributed by atoms with Gasteiger partial charge in [-0.15, -0.1) is 0 Å². The molecule has 0 amide bonds. The molecule has 0 radical (unpaired) electrons. The van der Waals surface area contributed by atoms with E-state index in [-0.39, 0.29) is 37.3 Å². The molecule has 3 N–H and O–H groups in total. The van der Waals surface area contributed by atoms with Crippen molar-refractivity contribution in [3.05, 3.63) is 12.2 Å². The van der Waals surface area contributed by atoms with Gasteiger partial charge >= 0.3 is 5.97 Å². The van der Waals surface area contributed by atoms with Crippen molar-refractivity contribution in [1.29, 1.82) is 0 Å². The van der Waals surface area contributed by atoms with Crippen LogP contribution in [0, 0.1) is 11.8 Å². The van der Waals surface area contributed by atoms with Crippen LogP contribution in [0.15, 0.2) is 12.2 Å².